The molecule has 0 aliphatic heterocycles. The number of rotatable bonds is 0. The van der Waals surface area contributed by atoms with Gasteiger partial charge in [-0.05, 0) is 30.0 Å². The van der Waals surface area contributed by atoms with Gasteiger partial charge < -0.3 is 4.42 Å². The van der Waals surface area contributed by atoms with Gasteiger partial charge in [0.2, 0.25) is 0 Å². The Kier molecular flexibility index (Phi) is 2.15. The van der Waals surface area contributed by atoms with E-state index in [1.807, 2.05) is 30.3 Å². The van der Waals surface area contributed by atoms with Gasteiger partial charge in [0.1, 0.15) is 11.2 Å². The van der Waals surface area contributed by atoms with E-state index >= 15 is 0 Å². The molecule has 0 bridgehead atoms. The van der Waals surface area contributed by atoms with Crippen LogP contribution in [0.3, 0.4) is 0 Å². The van der Waals surface area contributed by atoms with E-state index in [1.54, 1.807) is 0 Å². The van der Waals surface area contributed by atoms with Gasteiger partial charge in [-0.2, -0.15) is 0 Å². The fourth-order valence-corrected chi connectivity index (χ4v) is 2.95. The van der Waals surface area contributed by atoms with Crippen molar-refractivity contribution in [2.45, 2.75) is 6.92 Å². The van der Waals surface area contributed by atoms with Crippen molar-refractivity contribution in [2.75, 3.05) is 0 Å². The monoisotopic (exact) mass is 266 g/mol. The first-order valence-corrected chi connectivity index (χ1v) is 6.62. The lowest BCUT2D eigenvalue weighted by Crippen LogP contribution is -1.78. The Morgan fingerprint density at radius 3 is 2.68 bits per heavy atom. The molecule has 0 spiro atoms. The Labute approximate surface area is 115 Å². The normalized spacial score (nSPS) is 11.7. The van der Waals surface area contributed by atoms with Gasteiger partial charge in [-0.1, -0.05) is 41.9 Å². The van der Waals surface area contributed by atoms with Crippen LogP contribution < -0.4 is 0 Å². The zero-order chi connectivity index (χ0) is 13.0. The first-order valence-electron chi connectivity index (χ1n) is 6.24. The molecule has 1 aromatic heterocycles. The van der Waals surface area contributed by atoms with Crippen molar-refractivity contribution < 1.29 is 4.42 Å². The summed E-state index contributed by atoms with van der Waals surface area (Å²) in [7, 11) is 0. The summed E-state index contributed by atoms with van der Waals surface area (Å²) < 4.78 is 6.04. The summed E-state index contributed by atoms with van der Waals surface area (Å²) in [6.45, 7) is 2.12. The third kappa shape index (κ3) is 1.48. The summed E-state index contributed by atoms with van der Waals surface area (Å²) in [5.74, 6) is 0. The standard InChI is InChI=1S/C17H11ClO/c1-10-8-11-4-2-3-5-13(11)17-16(10)14-7-6-12(18)9-15(14)19-17/h2-9H,1H3. The van der Waals surface area contributed by atoms with Crippen LogP contribution in [0.5, 0.6) is 0 Å². The number of hydrogen-bond donors (Lipinski definition) is 0. The summed E-state index contributed by atoms with van der Waals surface area (Å²) in [4.78, 5) is 0. The van der Waals surface area contributed by atoms with Gasteiger partial charge in [0.15, 0.2) is 0 Å². The van der Waals surface area contributed by atoms with E-state index in [1.165, 1.54) is 16.3 Å². The first kappa shape index (κ1) is 10.9. The molecule has 0 atom stereocenters. The molecule has 0 aliphatic rings. The molecular formula is C17H11ClO. The fourth-order valence-electron chi connectivity index (χ4n) is 2.79. The first-order chi connectivity index (χ1) is 9.24. The maximum Gasteiger partial charge on any atom is 0.143 e. The minimum Gasteiger partial charge on any atom is -0.455 e. The van der Waals surface area contributed by atoms with E-state index in [2.05, 4.69) is 25.1 Å². The van der Waals surface area contributed by atoms with Crippen molar-refractivity contribution in [1.82, 2.24) is 0 Å². The summed E-state index contributed by atoms with van der Waals surface area (Å²) in [5.41, 5.74) is 3.03. The molecule has 92 valence electrons. The van der Waals surface area contributed by atoms with Crippen LogP contribution in [0, 0.1) is 6.92 Å². The predicted molar refractivity (Wildman–Crippen MR) is 81.0 cm³/mol. The van der Waals surface area contributed by atoms with Gasteiger partial charge in [0, 0.05) is 27.2 Å². The molecule has 0 radical (unpaired) electrons. The number of furan rings is 1. The van der Waals surface area contributed by atoms with Crippen molar-refractivity contribution >= 4 is 44.3 Å². The van der Waals surface area contributed by atoms with E-state index < -0.39 is 0 Å². The van der Waals surface area contributed by atoms with E-state index in [0.29, 0.717) is 5.02 Å². The van der Waals surface area contributed by atoms with Crippen molar-refractivity contribution in [3.63, 3.8) is 0 Å². The minimum absolute atomic E-state index is 0.702. The minimum atomic E-state index is 0.702. The van der Waals surface area contributed by atoms with Crippen molar-refractivity contribution in [1.29, 1.82) is 0 Å². The highest BCUT2D eigenvalue weighted by Gasteiger charge is 2.12. The quantitative estimate of drug-likeness (QED) is 0.398. The molecule has 0 saturated heterocycles. The lowest BCUT2D eigenvalue weighted by atomic mass is 10.0. The highest BCUT2D eigenvalue weighted by molar-refractivity contribution is 6.31. The Balaban J connectivity index is 2.33. The van der Waals surface area contributed by atoms with Crippen LogP contribution in [0.25, 0.3) is 32.7 Å². The molecule has 2 heteroatoms. The van der Waals surface area contributed by atoms with Crippen molar-refractivity contribution in [3.8, 4) is 0 Å². The SMILES string of the molecule is Cc1cc2ccccc2c2oc3cc(Cl)ccc3c12. The summed E-state index contributed by atoms with van der Waals surface area (Å²) in [6.07, 6.45) is 0. The van der Waals surface area contributed by atoms with Crippen LogP contribution in [0.2, 0.25) is 5.02 Å². The molecule has 4 rings (SSSR count). The number of hydrogen-bond acceptors (Lipinski definition) is 1. The van der Waals surface area contributed by atoms with Crippen LogP contribution >= 0.6 is 11.6 Å². The van der Waals surface area contributed by atoms with Gasteiger partial charge >= 0.3 is 0 Å². The Morgan fingerprint density at radius 2 is 1.79 bits per heavy atom. The topological polar surface area (TPSA) is 13.1 Å². The molecule has 0 unspecified atom stereocenters. The molecule has 0 N–H and O–H groups in total. The molecule has 19 heavy (non-hydrogen) atoms. The van der Waals surface area contributed by atoms with Crippen molar-refractivity contribution in [3.05, 3.63) is 59.1 Å². The van der Waals surface area contributed by atoms with E-state index in [0.717, 1.165) is 21.9 Å². The molecule has 0 fully saturated rings. The number of fused-ring (bicyclic) bond motifs is 5. The second kappa shape index (κ2) is 3.75. The van der Waals surface area contributed by atoms with E-state index in [9.17, 15) is 0 Å². The summed E-state index contributed by atoms with van der Waals surface area (Å²) >= 11 is 6.04. The van der Waals surface area contributed by atoms with Crippen molar-refractivity contribution in [2.24, 2.45) is 0 Å². The van der Waals surface area contributed by atoms with Crippen LogP contribution in [0.4, 0.5) is 0 Å². The maximum atomic E-state index is 6.04. The van der Waals surface area contributed by atoms with Gasteiger partial charge in [-0.3, -0.25) is 0 Å². The number of benzene rings is 3. The van der Waals surface area contributed by atoms with Crippen LogP contribution in [0.15, 0.2) is 52.9 Å². The predicted octanol–water partition coefficient (Wildman–Crippen LogP) is 5.70. The summed E-state index contributed by atoms with van der Waals surface area (Å²) in [5, 5.41) is 5.37. The zero-order valence-corrected chi connectivity index (χ0v) is 11.2. The lowest BCUT2D eigenvalue weighted by molar-refractivity contribution is 0.672. The van der Waals surface area contributed by atoms with Crippen LogP contribution in [-0.4, -0.2) is 0 Å². The Morgan fingerprint density at radius 1 is 0.947 bits per heavy atom. The third-order valence-corrected chi connectivity index (χ3v) is 3.86. The highest BCUT2D eigenvalue weighted by atomic mass is 35.5. The molecule has 1 nitrogen and oxygen atoms in total. The van der Waals surface area contributed by atoms with E-state index in [4.69, 9.17) is 16.0 Å². The third-order valence-electron chi connectivity index (χ3n) is 3.62. The second-order valence-corrected chi connectivity index (χ2v) is 5.30. The lowest BCUT2D eigenvalue weighted by Gasteiger charge is -2.01. The smallest absolute Gasteiger partial charge is 0.143 e. The van der Waals surface area contributed by atoms with Crippen LogP contribution in [0.1, 0.15) is 5.56 Å². The maximum absolute atomic E-state index is 6.04. The largest absolute Gasteiger partial charge is 0.455 e. The van der Waals surface area contributed by atoms with Gasteiger partial charge in [-0.25, -0.2) is 0 Å². The zero-order valence-electron chi connectivity index (χ0n) is 10.4. The van der Waals surface area contributed by atoms with E-state index in [-0.39, 0.29) is 0 Å². The van der Waals surface area contributed by atoms with Crippen LogP contribution in [-0.2, 0) is 0 Å². The molecule has 0 saturated carbocycles. The van der Waals surface area contributed by atoms with Gasteiger partial charge in [0.25, 0.3) is 0 Å². The van der Waals surface area contributed by atoms with Gasteiger partial charge in [-0.15, -0.1) is 0 Å². The summed E-state index contributed by atoms with van der Waals surface area (Å²) in [6, 6.07) is 16.3. The Bertz CT molecular complexity index is 934. The Hall–Kier alpha value is -1.99. The van der Waals surface area contributed by atoms with Gasteiger partial charge in [0.05, 0.1) is 0 Å². The molecule has 1 heterocycles. The highest BCUT2D eigenvalue weighted by Crippen LogP contribution is 2.37. The molecule has 0 amide bonds. The number of aryl methyl sites for hydroxylation is 1. The molecule has 3 aromatic carbocycles. The second-order valence-electron chi connectivity index (χ2n) is 4.86. The number of halogens is 1. The molecule has 0 aliphatic carbocycles. The average molecular weight is 267 g/mol. The fraction of sp³-hybridized carbons (Fsp3) is 0.0588. The molecule has 4 aromatic rings. The average Bonchev–Trinajstić information content (AvgIpc) is 2.78. The molecular weight excluding hydrogens is 256 g/mol.